The molecule has 0 radical (unpaired) electrons. The molecule has 2 aliphatic rings. The highest BCUT2D eigenvalue weighted by molar-refractivity contribution is 5.20. The predicted octanol–water partition coefficient (Wildman–Crippen LogP) is 2.86. The molecule has 1 aromatic heterocycles. The van der Waals surface area contributed by atoms with E-state index < -0.39 is 0 Å². The van der Waals surface area contributed by atoms with E-state index in [1.165, 1.54) is 25.7 Å². The molecule has 0 unspecified atom stereocenters. The first-order chi connectivity index (χ1) is 11.8. The standard InChI is InChI=1S/C18H25N5O/c1-14(18-19-20-21-23(18)16-7-8-16)22-11-9-15(10-12-22)13-24-17-5-3-2-4-6-17/h2-6,14-16H,7-13H2,1H3/t14-/m0/s1. The van der Waals surface area contributed by atoms with Crippen LogP contribution in [0.5, 0.6) is 5.75 Å². The van der Waals surface area contributed by atoms with Gasteiger partial charge in [0.15, 0.2) is 5.82 Å². The molecule has 2 aromatic rings. The first-order valence-corrected chi connectivity index (χ1v) is 9.01. The van der Waals surface area contributed by atoms with Crippen molar-refractivity contribution in [1.82, 2.24) is 25.1 Å². The third-order valence-electron chi connectivity index (χ3n) is 5.21. The minimum absolute atomic E-state index is 0.289. The minimum Gasteiger partial charge on any atom is -0.493 e. The van der Waals surface area contributed by atoms with Gasteiger partial charge in [0.2, 0.25) is 0 Å². The number of ether oxygens (including phenoxy) is 1. The molecule has 24 heavy (non-hydrogen) atoms. The number of para-hydroxylation sites is 1. The fraction of sp³-hybridized carbons (Fsp3) is 0.611. The van der Waals surface area contributed by atoms with Crippen molar-refractivity contribution in [2.45, 2.75) is 44.7 Å². The molecule has 4 rings (SSSR count). The molecule has 1 aliphatic carbocycles. The largest absolute Gasteiger partial charge is 0.493 e. The molecule has 1 atom stereocenters. The van der Waals surface area contributed by atoms with Gasteiger partial charge in [-0.1, -0.05) is 18.2 Å². The van der Waals surface area contributed by atoms with Gasteiger partial charge in [0, 0.05) is 0 Å². The third-order valence-corrected chi connectivity index (χ3v) is 5.21. The molecule has 0 amide bonds. The highest BCUT2D eigenvalue weighted by atomic mass is 16.5. The van der Waals surface area contributed by atoms with Gasteiger partial charge in [-0.15, -0.1) is 5.10 Å². The van der Waals surface area contributed by atoms with E-state index in [-0.39, 0.29) is 6.04 Å². The lowest BCUT2D eigenvalue weighted by atomic mass is 9.96. The average Bonchev–Trinajstić information content (AvgIpc) is 3.37. The van der Waals surface area contributed by atoms with Gasteiger partial charge in [-0.25, -0.2) is 4.68 Å². The second-order valence-corrected chi connectivity index (χ2v) is 6.99. The molecule has 6 heteroatoms. The minimum atomic E-state index is 0.289. The van der Waals surface area contributed by atoms with Gasteiger partial charge in [-0.2, -0.15) is 0 Å². The molecule has 6 nitrogen and oxygen atoms in total. The topological polar surface area (TPSA) is 56.1 Å². The number of piperidine rings is 1. The highest BCUT2D eigenvalue weighted by Gasteiger charge is 2.32. The molecule has 1 aromatic carbocycles. The SMILES string of the molecule is C[C@@H](c1nnnn1C1CC1)N1CCC(COc2ccccc2)CC1. The number of nitrogens with zero attached hydrogens (tertiary/aromatic N) is 5. The maximum Gasteiger partial charge on any atom is 0.168 e. The van der Waals surface area contributed by atoms with Crippen molar-refractivity contribution in [2.75, 3.05) is 19.7 Å². The first kappa shape index (κ1) is 15.6. The average molecular weight is 327 g/mol. The Morgan fingerprint density at radius 2 is 1.88 bits per heavy atom. The van der Waals surface area contributed by atoms with Gasteiger partial charge in [0.05, 0.1) is 18.7 Å². The Balaban J connectivity index is 1.28. The normalized spacial score (nSPS) is 20.9. The lowest BCUT2D eigenvalue weighted by Crippen LogP contribution is -2.38. The van der Waals surface area contributed by atoms with E-state index in [2.05, 4.69) is 27.3 Å². The monoisotopic (exact) mass is 327 g/mol. The lowest BCUT2D eigenvalue weighted by Gasteiger charge is -2.35. The molecule has 1 saturated heterocycles. The maximum absolute atomic E-state index is 5.92. The van der Waals surface area contributed by atoms with E-state index in [0.29, 0.717) is 12.0 Å². The highest BCUT2D eigenvalue weighted by Crippen LogP contribution is 2.36. The quantitative estimate of drug-likeness (QED) is 0.816. The van der Waals surface area contributed by atoms with E-state index in [0.717, 1.165) is 31.3 Å². The van der Waals surface area contributed by atoms with E-state index in [4.69, 9.17) is 4.74 Å². The second kappa shape index (κ2) is 6.89. The van der Waals surface area contributed by atoms with Crippen molar-refractivity contribution in [3.8, 4) is 5.75 Å². The number of tetrazole rings is 1. The van der Waals surface area contributed by atoms with Gasteiger partial charge in [0.1, 0.15) is 5.75 Å². The van der Waals surface area contributed by atoms with Crippen molar-refractivity contribution >= 4 is 0 Å². The summed E-state index contributed by atoms with van der Waals surface area (Å²) in [5.74, 6) is 2.63. The van der Waals surface area contributed by atoms with Gasteiger partial charge in [-0.3, -0.25) is 4.90 Å². The van der Waals surface area contributed by atoms with Crippen LogP contribution in [0.3, 0.4) is 0 Å². The lowest BCUT2D eigenvalue weighted by molar-refractivity contribution is 0.108. The Morgan fingerprint density at radius 3 is 2.58 bits per heavy atom. The Hall–Kier alpha value is -1.95. The number of aromatic nitrogens is 4. The van der Waals surface area contributed by atoms with Crippen LogP contribution in [0.1, 0.15) is 50.5 Å². The summed E-state index contributed by atoms with van der Waals surface area (Å²) in [6.07, 6.45) is 4.76. The first-order valence-electron chi connectivity index (χ1n) is 9.01. The summed E-state index contributed by atoms with van der Waals surface area (Å²) in [5, 5.41) is 12.4. The van der Waals surface area contributed by atoms with E-state index >= 15 is 0 Å². The molecule has 1 aliphatic heterocycles. The molecule has 0 N–H and O–H groups in total. The van der Waals surface area contributed by atoms with Crippen LogP contribution < -0.4 is 4.74 Å². The Kier molecular flexibility index (Phi) is 4.47. The van der Waals surface area contributed by atoms with Crippen molar-refractivity contribution in [3.63, 3.8) is 0 Å². The van der Waals surface area contributed by atoms with Gasteiger partial charge in [-0.05, 0) is 74.2 Å². The van der Waals surface area contributed by atoms with E-state index in [1.807, 2.05) is 35.0 Å². The van der Waals surface area contributed by atoms with Crippen LogP contribution in [0.4, 0.5) is 0 Å². The maximum atomic E-state index is 5.92. The summed E-state index contributed by atoms with van der Waals surface area (Å²) in [6, 6.07) is 10.9. The molecule has 1 saturated carbocycles. The zero-order chi connectivity index (χ0) is 16.4. The molecular weight excluding hydrogens is 302 g/mol. The number of benzene rings is 1. The van der Waals surface area contributed by atoms with Crippen molar-refractivity contribution in [1.29, 1.82) is 0 Å². The predicted molar refractivity (Wildman–Crippen MR) is 90.7 cm³/mol. The van der Waals surface area contributed by atoms with Crippen LogP contribution in [0.25, 0.3) is 0 Å². The molecule has 0 bridgehead atoms. The summed E-state index contributed by atoms with van der Waals surface area (Å²) >= 11 is 0. The summed E-state index contributed by atoms with van der Waals surface area (Å²) in [6.45, 7) is 5.21. The van der Waals surface area contributed by atoms with Crippen molar-refractivity contribution in [2.24, 2.45) is 5.92 Å². The summed E-state index contributed by atoms with van der Waals surface area (Å²) in [4.78, 5) is 2.50. The van der Waals surface area contributed by atoms with Gasteiger partial charge >= 0.3 is 0 Å². The summed E-state index contributed by atoms with van der Waals surface area (Å²) in [7, 11) is 0. The smallest absolute Gasteiger partial charge is 0.168 e. The molecular formula is C18H25N5O. The Morgan fingerprint density at radius 1 is 1.12 bits per heavy atom. The van der Waals surface area contributed by atoms with Crippen LogP contribution in [-0.4, -0.2) is 44.8 Å². The number of hydrogen-bond donors (Lipinski definition) is 0. The molecule has 0 spiro atoms. The van der Waals surface area contributed by atoms with E-state index in [1.54, 1.807) is 0 Å². The fourth-order valence-electron chi connectivity index (χ4n) is 3.46. The zero-order valence-electron chi connectivity index (χ0n) is 14.2. The number of rotatable bonds is 6. The van der Waals surface area contributed by atoms with Crippen molar-refractivity contribution in [3.05, 3.63) is 36.2 Å². The molecule has 2 fully saturated rings. The number of hydrogen-bond acceptors (Lipinski definition) is 5. The van der Waals surface area contributed by atoms with E-state index in [9.17, 15) is 0 Å². The van der Waals surface area contributed by atoms with Crippen LogP contribution in [-0.2, 0) is 0 Å². The van der Waals surface area contributed by atoms with Crippen LogP contribution in [0, 0.1) is 5.92 Å². The van der Waals surface area contributed by atoms with Gasteiger partial charge < -0.3 is 4.74 Å². The Bertz CT molecular complexity index is 646. The van der Waals surface area contributed by atoms with Crippen LogP contribution >= 0.6 is 0 Å². The van der Waals surface area contributed by atoms with Crippen LogP contribution in [0.15, 0.2) is 30.3 Å². The fourth-order valence-corrected chi connectivity index (χ4v) is 3.46. The van der Waals surface area contributed by atoms with Gasteiger partial charge in [0.25, 0.3) is 0 Å². The Labute approximate surface area is 142 Å². The summed E-state index contributed by atoms with van der Waals surface area (Å²) in [5.41, 5.74) is 0. The zero-order valence-corrected chi connectivity index (χ0v) is 14.2. The summed E-state index contributed by atoms with van der Waals surface area (Å²) < 4.78 is 7.95. The number of likely N-dealkylation sites (tertiary alicyclic amines) is 1. The molecule has 2 heterocycles. The second-order valence-electron chi connectivity index (χ2n) is 6.99. The van der Waals surface area contributed by atoms with Crippen LogP contribution in [0.2, 0.25) is 0 Å². The van der Waals surface area contributed by atoms with Crippen molar-refractivity contribution < 1.29 is 4.74 Å². The third kappa shape index (κ3) is 3.43. The molecule has 128 valence electrons.